The van der Waals surface area contributed by atoms with Crippen molar-refractivity contribution in [2.45, 2.75) is 0 Å². The van der Waals surface area contributed by atoms with Crippen molar-refractivity contribution in [2.75, 3.05) is 0 Å². The van der Waals surface area contributed by atoms with Crippen LogP contribution in [0.5, 0.6) is 0 Å². The molecule has 5 aromatic rings. The highest BCUT2D eigenvalue weighted by molar-refractivity contribution is 6.09. The van der Waals surface area contributed by atoms with Gasteiger partial charge in [-0.25, -0.2) is 0 Å². The highest BCUT2D eigenvalue weighted by Gasteiger charge is 2.07. The summed E-state index contributed by atoms with van der Waals surface area (Å²) in [6.45, 7) is 0. The van der Waals surface area contributed by atoms with Crippen molar-refractivity contribution in [2.24, 2.45) is 0 Å². The van der Waals surface area contributed by atoms with Gasteiger partial charge in [0.25, 0.3) is 0 Å². The molecule has 0 amide bonds. The van der Waals surface area contributed by atoms with E-state index in [1.54, 1.807) is 12.1 Å². The lowest BCUT2D eigenvalue weighted by molar-refractivity contribution is 0.109. The molecule has 0 aliphatic carbocycles. The van der Waals surface area contributed by atoms with Gasteiger partial charge in [-0.15, -0.1) is 0 Å². The van der Waals surface area contributed by atoms with Crippen LogP contribution in [-0.2, 0) is 0 Å². The SMILES string of the molecule is O=Cc1cc2cc3cc4cc5ccccc5cc4cc3cc2cc1C=O. The van der Waals surface area contributed by atoms with Crippen LogP contribution >= 0.6 is 0 Å². The van der Waals surface area contributed by atoms with E-state index in [4.69, 9.17) is 0 Å². The summed E-state index contributed by atoms with van der Waals surface area (Å²) in [5.41, 5.74) is 0.859. The lowest BCUT2D eigenvalue weighted by Gasteiger charge is -2.08. The molecule has 0 bridgehead atoms. The van der Waals surface area contributed by atoms with Crippen molar-refractivity contribution in [3.63, 3.8) is 0 Å². The standard InChI is InChI=1S/C24H14O2/c25-13-23-11-21-9-19-7-17-5-15-3-1-2-4-16(15)6-18(17)8-20(19)10-22(21)12-24(23)14-26/h1-14H. The summed E-state index contributed by atoms with van der Waals surface area (Å²) in [6, 6.07) is 24.9. The Bertz CT molecular complexity index is 1260. The average molecular weight is 334 g/mol. The van der Waals surface area contributed by atoms with Crippen LogP contribution in [0.3, 0.4) is 0 Å². The van der Waals surface area contributed by atoms with E-state index >= 15 is 0 Å². The molecule has 26 heavy (non-hydrogen) atoms. The molecule has 0 aliphatic heterocycles. The van der Waals surface area contributed by atoms with Gasteiger partial charge in [0, 0.05) is 11.1 Å². The molecule has 0 aromatic heterocycles. The maximum atomic E-state index is 11.2. The van der Waals surface area contributed by atoms with E-state index in [1.165, 1.54) is 21.5 Å². The molecule has 0 fully saturated rings. The molecule has 0 aliphatic rings. The predicted octanol–water partition coefficient (Wildman–Crippen LogP) is 5.92. The van der Waals surface area contributed by atoms with Crippen molar-refractivity contribution >= 4 is 55.7 Å². The lowest BCUT2D eigenvalue weighted by atomic mass is 9.96. The maximum Gasteiger partial charge on any atom is 0.150 e. The fourth-order valence-electron chi connectivity index (χ4n) is 3.73. The van der Waals surface area contributed by atoms with Crippen LogP contribution < -0.4 is 0 Å². The van der Waals surface area contributed by atoms with E-state index in [0.29, 0.717) is 11.1 Å². The fraction of sp³-hybridized carbons (Fsp3) is 0. The molecule has 0 saturated carbocycles. The van der Waals surface area contributed by atoms with Crippen LogP contribution in [-0.4, -0.2) is 12.6 Å². The van der Waals surface area contributed by atoms with Crippen LogP contribution in [0.25, 0.3) is 43.1 Å². The molecular weight excluding hydrogens is 320 g/mol. The number of hydrogen-bond acceptors (Lipinski definition) is 2. The molecule has 122 valence electrons. The zero-order valence-corrected chi connectivity index (χ0v) is 13.9. The summed E-state index contributed by atoms with van der Waals surface area (Å²) in [7, 11) is 0. The van der Waals surface area contributed by atoms with Gasteiger partial charge in [0.05, 0.1) is 0 Å². The van der Waals surface area contributed by atoms with Gasteiger partial charge >= 0.3 is 0 Å². The normalized spacial score (nSPS) is 11.4. The summed E-state index contributed by atoms with van der Waals surface area (Å²) in [6.07, 6.45) is 1.47. The third-order valence-electron chi connectivity index (χ3n) is 5.07. The molecule has 2 nitrogen and oxygen atoms in total. The second-order valence-corrected chi connectivity index (χ2v) is 6.66. The van der Waals surface area contributed by atoms with Crippen LogP contribution in [0.15, 0.2) is 72.8 Å². The Morgan fingerprint density at radius 3 is 1.08 bits per heavy atom. The first-order chi connectivity index (χ1) is 12.7. The minimum atomic E-state index is 0.429. The highest BCUT2D eigenvalue weighted by Crippen LogP contribution is 2.30. The maximum absolute atomic E-state index is 11.2. The predicted molar refractivity (Wildman–Crippen MR) is 107 cm³/mol. The second kappa shape index (κ2) is 5.50. The minimum Gasteiger partial charge on any atom is -0.298 e. The Labute approximate surface area is 149 Å². The first-order valence-corrected chi connectivity index (χ1v) is 8.49. The van der Waals surface area contributed by atoms with Gasteiger partial charge in [0.1, 0.15) is 0 Å². The van der Waals surface area contributed by atoms with Crippen molar-refractivity contribution in [3.8, 4) is 0 Å². The van der Waals surface area contributed by atoms with Crippen LogP contribution in [0.1, 0.15) is 20.7 Å². The third kappa shape index (κ3) is 2.20. The van der Waals surface area contributed by atoms with E-state index in [2.05, 4.69) is 48.5 Å². The van der Waals surface area contributed by atoms with Gasteiger partial charge in [-0.05, 0) is 91.6 Å². The van der Waals surface area contributed by atoms with Crippen LogP contribution in [0.4, 0.5) is 0 Å². The Morgan fingerprint density at radius 2 is 0.731 bits per heavy atom. The highest BCUT2D eigenvalue weighted by atomic mass is 16.1. The number of hydrogen-bond donors (Lipinski definition) is 0. The average Bonchev–Trinajstić information content (AvgIpc) is 2.68. The zero-order chi connectivity index (χ0) is 17.7. The van der Waals surface area contributed by atoms with E-state index in [0.717, 1.165) is 34.1 Å². The van der Waals surface area contributed by atoms with Crippen molar-refractivity contribution < 1.29 is 9.59 Å². The molecule has 0 N–H and O–H groups in total. The topological polar surface area (TPSA) is 34.1 Å². The quantitative estimate of drug-likeness (QED) is 0.296. The smallest absolute Gasteiger partial charge is 0.150 e. The zero-order valence-electron chi connectivity index (χ0n) is 13.9. The summed E-state index contributed by atoms with van der Waals surface area (Å²) < 4.78 is 0. The van der Waals surface area contributed by atoms with Gasteiger partial charge in [0.2, 0.25) is 0 Å². The number of rotatable bonds is 2. The Kier molecular flexibility index (Phi) is 3.13. The Balaban J connectivity index is 1.86. The first kappa shape index (κ1) is 14.8. The molecule has 2 heteroatoms. The Hall–Kier alpha value is -3.52. The number of carbonyl (C=O) groups excluding carboxylic acids is 2. The van der Waals surface area contributed by atoms with Gasteiger partial charge in [-0.3, -0.25) is 9.59 Å². The molecular formula is C24H14O2. The second-order valence-electron chi connectivity index (χ2n) is 6.66. The van der Waals surface area contributed by atoms with Crippen molar-refractivity contribution in [1.82, 2.24) is 0 Å². The lowest BCUT2D eigenvalue weighted by Crippen LogP contribution is -1.91. The molecule has 0 heterocycles. The number of fused-ring (bicyclic) bond motifs is 4. The molecule has 0 atom stereocenters. The van der Waals surface area contributed by atoms with Crippen molar-refractivity contribution in [1.29, 1.82) is 0 Å². The molecule has 5 aromatic carbocycles. The largest absolute Gasteiger partial charge is 0.298 e. The minimum absolute atomic E-state index is 0.429. The van der Waals surface area contributed by atoms with Gasteiger partial charge in [0.15, 0.2) is 12.6 Å². The molecule has 0 saturated heterocycles. The summed E-state index contributed by atoms with van der Waals surface area (Å²) in [5.74, 6) is 0. The van der Waals surface area contributed by atoms with E-state index in [-0.39, 0.29) is 0 Å². The van der Waals surface area contributed by atoms with E-state index in [9.17, 15) is 9.59 Å². The van der Waals surface area contributed by atoms with Crippen LogP contribution in [0.2, 0.25) is 0 Å². The Morgan fingerprint density at radius 1 is 0.423 bits per heavy atom. The molecule has 0 radical (unpaired) electrons. The van der Waals surface area contributed by atoms with Gasteiger partial charge in [-0.2, -0.15) is 0 Å². The van der Waals surface area contributed by atoms with E-state index in [1.807, 2.05) is 12.1 Å². The molecule has 0 spiro atoms. The monoisotopic (exact) mass is 334 g/mol. The first-order valence-electron chi connectivity index (χ1n) is 8.49. The van der Waals surface area contributed by atoms with E-state index < -0.39 is 0 Å². The molecule has 5 rings (SSSR count). The summed E-state index contributed by atoms with van der Waals surface area (Å²) in [5, 5.41) is 8.99. The number of carbonyl (C=O) groups is 2. The summed E-state index contributed by atoms with van der Waals surface area (Å²) >= 11 is 0. The third-order valence-corrected chi connectivity index (χ3v) is 5.07. The number of aldehydes is 2. The van der Waals surface area contributed by atoms with Gasteiger partial charge in [-0.1, -0.05) is 24.3 Å². The number of benzene rings is 5. The molecule has 0 unspecified atom stereocenters. The van der Waals surface area contributed by atoms with Gasteiger partial charge < -0.3 is 0 Å². The van der Waals surface area contributed by atoms with Crippen molar-refractivity contribution in [3.05, 3.63) is 83.9 Å². The fourth-order valence-corrected chi connectivity index (χ4v) is 3.73. The summed E-state index contributed by atoms with van der Waals surface area (Å²) in [4.78, 5) is 22.5. The van der Waals surface area contributed by atoms with Crippen LogP contribution in [0, 0.1) is 0 Å².